The number of hydrogen-bond donors (Lipinski definition) is 0. The number of imidazole rings is 1. The lowest BCUT2D eigenvalue weighted by molar-refractivity contribution is -0.141. The van der Waals surface area contributed by atoms with Crippen LogP contribution in [0.1, 0.15) is 36.8 Å². The van der Waals surface area contributed by atoms with Crippen LogP contribution in [0.2, 0.25) is 0 Å². The molecule has 1 aromatic carbocycles. The number of rotatable bonds is 4. The molecule has 142 valence electrons. The second-order valence-corrected chi connectivity index (χ2v) is 7.72. The summed E-state index contributed by atoms with van der Waals surface area (Å²) in [5, 5.41) is 0. The second kappa shape index (κ2) is 7.31. The maximum absolute atomic E-state index is 11.8. The molecule has 0 bridgehead atoms. The average molecular weight is 439 g/mol. The molecule has 1 aliphatic heterocycles. The van der Waals surface area contributed by atoms with Gasteiger partial charge in [0.1, 0.15) is 11.4 Å². The Morgan fingerprint density at radius 3 is 2.82 bits per heavy atom. The third kappa shape index (κ3) is 3.26. The number of esters is 1. The van der Waals surface area contributed by atoms with E-state index in [4.69, 9.17) is 9.73 Å². The molecule has 1 aliphatic rings. The molecule has 0 saturated heterocycles. The fourth-order valence-corrected chi connectivity index (χ4v) is 3.84. The molecule has 6 nitrogen and oxygen atoms in total. The van der Waals surface area contributed by atoms with Crippen molar-refractivity contribution in [3.63, 3.8) is 0 Å². The van der Waals surface area contributed by atoms with Gasteiger partial charge in [-0.25, -0.2) is 4.98 Å². The van der Waals surface area contributed by atoms with Gasteiger partial charge >= 0.3 is 5.97 Å². The zero-order valence-electron chi connectivity index (χ0n) is 15.6. The topological polar surface area (TPSA) is 69.4 Å². The average Bonchev–Trinajstić information content (AvgIpc) is 3.18. The standard InChI is InChI=1S/C21H19BrN4O2/c1-21(9-8-18(27)28-2)20-24-11-12-26(20)17-7-6-14(22)13-15(17)19(25-21)16-5-3-4-10-23-16/h3-7,10-13H,8-9H2,1-2H3/t21-/m0/s1. The number of hydrogen-bond acceptors (Lipinski definition) is 5. The number of aliphatic imine (C=N–C) groups is 1. The fraction of sp³-hybridized carbons (Fsp3) is 0.238. The van der Waals surface area contributed by atoms with Gasteiger partial charge in [-0.2, -0.15) is 0 Å². The smallest absolute Gasteiger partial charge is 0.305 e. The van der Waals surface area contributed by atoms with Crippen LogP contribution in [0.15, 0.2) is 64.5 Å². The molecule has 3 heterocycles. The van der Waals surface area contributed by atoms with Crippen molar-refractivity contribution in [3.8, 4) is 5.69 Å². The molecule has 3 aromatic rings. The van der Waals surface area contributed by atoms with Gasteiger partial charge in [0.25, 0.3) is 0 Å². The molecule has 28 heavy (non-hydrogen) atoms. The van der Waals surface area contributed by atoms with Gasteiger partial charge in [0.05, 0.1) is 24.2 Å². The molecule has 0 fully saturated rings. The van der Waals surface area contributed by atoms with Crippen molar-refractivity contribution in [2.24, 2.45) is 4.99 Å². The van der Waals surface area contributed by atoms with E-state index >= 15 is 0 Å². The third-order valence-electron chi connectivity index (χ3n) is 4.91. The van der Waals surface area contributed by atoms with Crippen molar-refractivity contribution in [2.75, 3.05) is 7.11 Å². The molecule has 0 unspecified atom stereocenters. The summed E-state index contributed by atoms with van der Waals surface area (Å²) in [7, 11) is 1.40. The lowest BCUT2D eigenvalue weighted by atomic mass is 9.94. The molecule has 0 N–H and O–H groups in total. The van der Waals surface area contributed by atoms with Gasteiger partial charge in [0.2, 0.25) is 0 Å². The Kier molecular flexibility index (Phi) is 4.85. The molecule has 7 heteroatoms. The lowest BCUT2D eigenvalue weighted by Gasteiger charge is -2.24. The predicted molar refractivity (Wildman–Crippen MR) is 110 cm³/mol. The summed E-state index contributed by atoms with van der Waals surface area (Å²) < 4.78 is 7.84. The molecular formula is C21H19BrN4O2. The first-order valence-corrected chi connectivity index (χ1v) is 9.73. The van der Waals surface area contributed by atoms with Crippen molar-refractivity contribution in [3.05, 3.63) is 76.5 Å². The van der Waals surface area contributed by atoms with Crippen LogP contribution in [-0.2, 0) is 15.1 Å². The van der Waals surface area contributed by atoms with E-state index in [1.165, 1.54) is 7.11 Å². The zero-order valence-corrected chi connectivity index (χ0v) is 17.2. The number of ether oxygens (including phenoxy) is 1. The summed E-state index contributed by atoms with van der Waals surface area (Å²) in [5.74, 6) is 0.518. The molecule has 4 rings (SSSR count). The van der Waals surface area contributed by atoms with E-state index in [0.717, 1.165) is 33.0 Å². The molecule has 0 saturated carbocycles. The van der Waals surface area contributed by atoms with E-state index in [2.05, 4.69) is 25.9 Å². The lowest BCUT2D eigenvalue weighted by Crippen LogP contribution is -2.25. The Balaban J connectivity index is 1.96. The van der Waals surface area contributed by atoms with Gasteiger partial charge in [-0.15, -0.1) is 0 Å². The Morgan fingerprint density at radius 1 is 1.21 bits per heavy atom. The van der Waals surface area contributed by atoms with E-state index in [9.17, 15) is 4.79 Å². The number of nitrogens with zero attached hydrogens (tertiary/aromatic N) is 4. The highest BCUT2D eigenvalue weighted by Crippen LogP contribution is 2.37. The summed E-state index contributed by atoms with van der Waals surface area (Å²) >= 11 is 3.57. The van der Waals surface area contributed by atoms with Gasteiger partial charge < -0.3 is 9.30 Å². The third-order valence-corrected chi connectivity index (χ3v) is 5.40. The second-order valence-electron chi connectivity index (χ2n) is 6.81. The Labute approximate surface area is 171 Å². The van der Waals surface area contributed by atoms with Gasteiger partial charge in [-0.1, -0.05) is 22.0 Å². The van der Waals surface area contributed by atoms with Crippen LogP contribution in [0.4, 0.5) is 0 Å². The van der Waals surface area contributed by atoms with Crippen LogP contribution < -0.4 is 0 Å². The SMILES string of the molecule is COC(=O)CC[C@]1(C)N=C(c2ccccn2)c2cc(Br)ccc2-n2ccnc21. The molecule has 0 amide bonds. The quantitative estimate of drug-likeness (QED) is 0.576. The summed E-state index contributed by atoms with van der Waals surface area (Å²) in [5.41, 5.74) is 2.76. The minimum atomic E-state index is -0.712. The molecule has 0 radical (unpaired) electrons. The minimum Gasteiger partial charge on any atom is -0.469 e. The number of carbonyl (C=O) groups is 1. The summed E-state index contributed by atoms with van der Waals surface area (Å²) in [6, 6.07) is 11.8. The van der Waals surface area contributed by atoms with Crippen molar-refractivity contribution >= 4 is 27.6 Å². The van der Waals surface area contributed by atoms with E-state index < -0.39 is 5.54 Å². The number of aromatic nitrogens is 3. The highest BCUT2D eigenvalue weighted by Gasteiger charge is 2.36. The number of benzene rings is 1. The highest BCUT2D eigenvalue weighted by atomic mass is 79.9. The van der Waals surface area contributed by atoms with Crippen molar-refractivity contribution in [2.45, 2.75) is 25.3 Å². The maximum Gasteiger partial charge on any atom is 0.305 e. The first-order valence-electron chi connectivity index (χ1n) is 8.94. The van der Waals surface area contributed by atoms with Crippen LogP contribution in [0.5, 0.6) is 0 Å². The molecule has 0 spiro atoms. The molecule has 0 aliphatic carbocycles. The molecule has 1 atom stereocenters. The van der Waals surface area contributed by atoms with E-state index in [1.54, 1.807) is 12.4 Å². The first kappa shape index (κ1) is 18.6. The monoisotopic (exact) mass is 438 g/mol. The summed E-state index contributed by atoms with van der Waals surface area (Å²) in [6.07, 6.45) is 6.17. The minimum absolute atomic E-state index is 0.249. The predicted octanol–water partition coefficient (Wildman–Crippen LogP) is 4.05. The van der Waals surface area contributed by atoms with E-state index in [-0.39, 0.29) is 12.4 Å². The van der Waals surface area contributed by atoms with Gasteiger partial charge in [0, 0.05) is 35.0 Å². The van der Waals surface area contributed by atoms with E-state index in [1.807, 2.05) is 54.1 Å². The first-order chi connectivity index (χ1) is 13.5. The Hall–Kier alpha value is -2.80. The fourth-order valence-electron chi connectivity index (χ4n) is 3.47. The maximum atomic E-state index is 11.8. The largest absolute Gasteiger partial charge is 0.469 e. The van der Waals surface area contributed by atoms with Gasteiger partial charge in [0.15, 0.2) is 0 Å². The van der Waals surface area contributed by atoms with E-state index in [0.29, 0.717) is 6.42 Å². The number of carbonyl (C=O) groups excluding carboxylic acids is 1. The summed E-state index contributed by atoms with van der Waals surface area (Å²) in [4.78, 5) is 26.1. The van der Waals surface area contributed by atoms with Crippen LogP contribution >= 0.6 is 15.9 Å². The van der Waals surface area contributed by atoms with Crippen molar-refractivity contribution in [1.29, 1.82) is 0 Å². The van der Waals surface area contributed by atoms with Crippen LogP contribution in [0.3, 0.4) is 0 Å². The summed E-state index contributed by atoms with van der Waals surface area (Å²) in [6.45, 7) is 2.00. The number of methoxy groups -OCH3 is 1. The zero-order chi connectivity index (χ0) is 19.7. The van der Waals surface area contributed by atoms with Gasteiger partial charge in [-0.3, -0.25) is 14.8 Å². The number of fused-ring (bicyclic) bond motifs is 3. The Bertz CT molecular complexity index is 1060. The van der Waals surface area contributed by atoms with Crippen molar-refractivity contribution < 1.29 is 9.53 Å². The van der Waals surface area contributed by atoms with Crippen LogP contribution in [-0.4, -0.2) is 33.3 Å². The molecule has 2 aromatic heterocycles. The Morgan fingerprint density at radius 2 is 2.07 bits per heavy atom. The number of halogens is 1. The highest BCUT2D eigenvalue weighted by molar-refractivity contribution is 9.10. The van der Waals surface area contributed by atoms with Crippen LogP contribution in [0.25, 0.3) is 5.69 Å². The number of pyridine rings is 1. The molecular weight excluding hydrogens is 420 g/mol. The van der Waals surface area contributed by atoms with Gasteiger partial charge in [-0.05, 0) is 43.7 Å². The van der Waals surface area contributed by atoms with Crippen LogP contribution in [0, 0.1) is 0 Å². The normalized spacial score (nSPS) is 17.9. The van der Waals surface area contributed by atoms with Crippen molar-refractivity contribution in [1.82, 2.24) is 14.5 Å².